The molecule has 0 aliphatic rings. The number of carbonyl (C=O) groups excluding carboxylic acids is 1. The van der Waals surface area contributed by atoms with Crippen LogP contribution >= 0.6 is 0 Å². The summed E-state index contributed by atoms with van der Waals surface area (Å²) >= 11 is 0. The van der Waals surface area contributed by atoms with Crippen LogP contribution in [-0.4, -0.2) is 20.1 Å². The third kappa shape index (κ3) is 4.72. The summed E-state index contributed by atoms with van der Waals surface area (Å²) in [4.78, 5) is 12.7. The first-order valence-electron chi connectivity index (χ1n) is 9.07. The van der Waals surface area contributed by atoms with Crippen LogP contribution in [0.25, 0.3) is 6.08 Å². The van der Waals surface area contributed by atoms with Gasteiger partial charge in [-0.25, -0.2) is 0 Å². The van der Waals surface area contributed by atoms with Crippen molar-refractivity contribution in [1.29, 1.82) is 5.26 Å². The summed E-state index contributed by atoms with van der Waals surface area (Å²) in [7, 11) is 3.18. The first-order chi connectivity index (χ1) is 13.3. The molecule has 0 saturated heterocycles. The molecule has 0 aliphatic carbocycles. The lowest BCUT2D eigenvalue weighted by atomic mass is 9.95. The standard InChI is InChI=1S/C23H26N2O3/c1-14(2)19-12-17(16(4)10-22(19)28-6)11-18(13-24)23(26)25-20-9-15(3)7-8-21(20)27-5/h7-12,14H,1-6H3,(H,25,26)/b18-11+. The molecule has 146 valence electrons. The van der Waals surface area contributed by atoms with Crippen LogP contribution in [0.15, 0.2) is 35.9 Å². The molecule has 2 aromatic carbocycles. The highest BCUT2D eigenvalue weighted by atomic mass is 16.5. The van der Waals surface area contributed by atoms with Crippen LogP contribution < -0.4 is 14.8 Å². The van der Waals surface area contributed by atoms with E-state index >= 15 is 0 Å². The Labute approximate surface area is 166 Å². The van der Waals surface area contributed by atoms with Gasteiger partial charge >= 0.3 is 0 Å². The highest BCUT2D eigenvalue weighted by molar-refractivity contribution is 6.10. The van der Waals surface area contributed by atoms with E-state index in [1.165, 1.54) is 7.11 Å². The summed E-state index contributed by atoms with van der Waals surface area (Å²) in [5.74, 6) is 1.11. The number of nitriles is 1. The minimum Gasteiger partial charge on any atom is -0.496 e. The van der Waals surface area contributed by atoms with Crippen molar-refractivity contribution >= 4 is 17.7 Å². The van der Waals surface area contributed by atoms with Gasteiger partial charge in [0.25, 0.3) is 5.91 Å². The molecule has 0 atom stereocenters. The van der Waals surface area contributed by atoms with E-state index in [1.807, 2.05) is 38.1 Å². The first kappa shape index (κ1) is 21.0. The van der Waals surface area contributed by atoms with Gasteiger partial charge in [-0.1, -0.05) is 19.9 Å². The Morgan fingerprint density at radius 3 is 2.36 bits per heavy atom. The highest BCUT2D eigenvalue weighted by Crippen LogP contribution is 2.31. The van der Waals surface area contributed by atoms with E-state index in [4.69, 9.17) is 9.47 Å². The Balaban J connectivity index is 2.41. The van der Waals surface area contributed by atoms with Crippen LogP contribution in [0, 0.1) is 25.2 Å². The predicted molar refractivity (Wildman–Crippen MR) is 112 cm³/mol. The lowest BCUT2D eigenvalue weighted by Crippen LogP contribution is -2.14. The maximum Gasteiger partial charge on any atom is 0.266 e. The maximum absolute atomic E-state index is 12.7. The molecular weight excluding hydrogens is 352 g/mol. The van der Waals surface area contributed by atoms with E-state index in [0.29, 0.717) is 11.4 Å². The van der Waals surface area contributed by atoms with Crippen molar-refractivity contribution in [3.05, 3.63) is 58.2 Å². The van der Waals surface area contributed by atoms with E-state index in [9.17, 15) is 10.1 Å². The molecule has 0 bridgehead atoms. The molecule has 0 saturated carbocycles. The molecule has 0 heterocycles. The maximum atomic E-state index is 12.7. The summed E-state index contributed by atoms with van der Waals surface area (Å²) in [5.41, 5.74) is 4.29. The fourth-order valence-corrected chi connectivity index (χ4v) is 2.91. The van der Waals surface area contributed by atoms with Gasteiger partial charge in [-0.3, -0.25) is 4.79 Å². The SMILES string of the molecule is COc1ccc(C)cc1NC(=O)/C(C#N)=C/c1cc(C(C)C)c(OC)cc1C. The zero-order chi connectivity index (χ0) is 20.8. The molecular formula is C23H26N2O3. The van der Waals surface area contributed by atoms with E-state index in [0.717, 1.165) is 28.0 Å². The van der Waals surface area contributed by atoms with Crippen molar-refractivity contribution in [2.75, 3.05) is 19.5 Å². The molecule has 5 heteroatoms. The second kappa shape index (κ2) is 9.09. The van der Waals surface area contributed by atoms with Gasteiger partial charge in [-0.15, -0.1) is 0 Å². The van der Waals surface area contributed by atoms with Crippen LogP contribution in [0.5, 0.6) is 11.5 Å². The molecule has 0 aliphatic heterocycles. The predicted octanol–water partition coefficient (Wildman–Crippen LogP) is 4.99. The second-order valence-electron chi connectivity index (χ2n) is 6.93. The molecule has 0 aromatic heterocycles. The largest absolute Gasteiger partial charge is 0.496 e. The van der Waals surface area contributed by atoms with E-state index in [-0.39, 0.29) is 11.5 Å². The highest BCUT2D eigenvalue weighted by Gasteiger charge is 2.15. The van der Waals surface area contributed by atoms with Crippen molar-refractivity contribution in [2.45, 2.75) is 33.6 Å². The zero-order valence-corrected chi connectivity index (χ0v) is 17.2. The fraction of sp³-hybridized carbons (Fsp3) is 0.304. The van der Waals surface area contributed by atoms with Gasteiger partial charge in [-0.2, -0.15) is 5.26 Å². The number of benzene rings is 2. The third-order valence-electron chi connectivity index (χ3n) is 4.51. The number of hydrogen-bond donors (Lipinski definition) is 1. The number of amides is 1. The first-order valence-corrected chi connectivity index (χ1v) is 9.07. The Bertz CT molecular complexity index is 953. The Morgan fingerprint density at radius 2 is 1.79 bits per heavy atom. The van der Waals surface area contributed by atoms with Gasteiger partial charge in [0, 0.05) is 0 Å². The van der Waals surface area contributed by atoms with Gasteiger partial charge in [0.05, 0.1) is 19.9 Å². The number of methoxy groups -OCH3 is 2. The molecule has 2 aromatic rings. The van der Waals surface area contributed by atoms with Crippen LogP contribution in [0.1, 0.15) is 42.0 Å². The van der Waals surface area contributed by atoms with Gasteiger partial charge in [0.1, 0.15) is 23.1 Å². The lowest BCUT2D eigenvalue weighted by molar-refractivity contribution is -0.112. The summed E-state index contributed by atoms with van der Waals surface area (Å²) in [5, 5.41) is 12.3. The summed E-state index contributed by atoms with van der Waals surface area (Å²) in [6, 6.07) is 11.4. The molecule has 0 spiro atoms. The smallest absolute Gasteiger partial charge is 0.266 e. The quantitative estimate of drug-likeness (QED) is 0.568. The fourth-order valence-electron chi connectivity index (χ4n) is 2.91. The number of hydrogen-bond acceptors (Lipinski definition) is 4. The van der Waals surface area contributed by atoms with Crippen molar-refractivity contribution in [1.82, 2.24) is 0 Å². The summed E-state index contributed by atoms with van der Waals surface area (Å²) < 4.78 is 10.7. The Hall–Kier alpha value is -3.26. The zero-order valence-electron chi connectivity index (χ0n) is 17.2. The average molecular weight is 378 g/mol. The van der Waals surface area contributed by atoms with Gasteiger partial charge < -0.3 is 14.8 Å². The number of nitrogens with zero attached hydrogens (tertiary/aromatic N) is 1. The Kier molecular flexibility index (Phi) is 6.84. The van der Waals surface area contributed by atoms with Gasteiger partial charge in [0.15, 0.2) is 0 Å². The van der Waals surface area contributed by atoms with Crippen molar-refractivity contribution < 1.29 is 14.3 Å². The molecule has 1 amide bonds. The van der Waals surface area contributed by atoms with Crippen molar-refractivity contribution in [3.8, 4) is 17.6 Å². The number of nitrogens with one attached hydrogen (secondary N) is 1. The van der Waals surface area contributed by atoms with Gasteiger partial charge in [-0.05, 0) is 72.4 Å². The number of anilines is 1. The summed E-state index contributed by atoms with van der Waals surface area (Å²) in [6.45, 7) is 7.99. The third-order valence-corrected chi connectivity index (χ3v) is 4.51. The average Bonchev–Trinajstić information content (AvgIpc) is 2.66. The van der Waals surface area contributed by atoms with Gasteiger partial charge in [0.2, 0.25) is 0 Å². The topological polar surface area (TPSA) is 71.3 Å². The van der Waals surface area contributed by atoms with Crippen LogP contribution in [0.3, 0.4) is 0 Å². The minimum absolute atomic E-state index is 0.0199. The van der Waals surface area contributed by atoms with Crippen LogP contribution in [0.4, 0.5) is 5.69 Å². The monoisotopic (exact) mass is 378 g/mol. The normalized spacial score (nSPS) is 11.1. The number of ether oxygens (including phenoxy) is 2. The van der Waals surface area contributed by atoms with Crippen LogP contribution in [-0.2, 0) is 4.79 Å². The second-order valence-corrected chi connectivity index (χ2v) is 6.93. The number of carbonyl (C=O) groups is 1. The van der Waals surface area contributed by atoms with E-state index in [2.05, 4.69) is 19.2 Å². The summed E-state index contributed by atoms with van der Waals surface area (Å²) in [6.07, 6.45) is 1.61. The van der Waals surface area contributed by atoms with Crippen molar-refractivity contribution in [3.63, 3.8) is 0 Å². The van der Waals surface area contributed by atoms with Crippen molar-refractivity contribution in [2.24, 2.45) is 0 Å². The molecule has 0 unspecified atom stereocenters. The minimum atomic E-state index is -0.479. The Morgan fingerprint density at radius 1 is 1.11 bits per heavy atom. The van der Waals surface area contributed by atoms with E-state index < -0.39 is 5.91 Å². The number of aryl methyl sites for hydroxylation is 2. The molecule has 2 rings (SSSR count). The van der Waals surface area contributed by atoms with Crippen LogP contribution in [0.2, 0.25) is 0 Å². The molecule has 5 nitrogen and oxygen atoms in total. The number of rotatable bonds is 6. The van der Waals surface area contributed by atoms with E-state index in [1.54, 1.807) is 25.3 Å². The molecule has 0 radical (unpaired) electrons. The lowest BCUT2D eigenvalue weighted by Gasteiger charge is -2.15. The molecule has 28 heavy (non-hydrogen) atoms. The molecule has 1 N–H and O–H groups in total. The molecule has 0 fully saturated rings.